The number of amides is 1. The number of nitrogens with zero attached hydrogens (tertiary/aromatic N) is 1. The van der Waals surface area contributed by atoms with E-state index in [1.807, 2.05) is 18.2 Å². The van der Waals surface area contributed by atoms with Crippen molar-refractivity contribution < 1.29 is 4.79 Å². The highest BCUT2D eigenvalue weighted by Gasteiger charge is 2.37. The fraction of sp³-hybridized carbons (Fsp3) is 0.650. The molecule has 23 heavy (non-hydrogen) atoms. The molecule has 1 aromatic carbocycles. The number of hydrogen-bond acceptors (Lipinski definition) is 2. The molecule has 2 unspecified atom stereocenters. The smallest absolute Gasteiger partial charge is 0.227 e. The van der Waals surface area contributed by atoms with Gasteiger partial charge in [-0.3, -0.25) is 9.69 Å². The first-order chi connectivity index (χ1) is 11.1. The molecule has 2 fully saturated rings. The van der Waals surface area contributed by atoms with Crippen LogP contribution in [0.5, 0.6) is 0 Å². The number of nitrogens with one attached hydrogen (secondary N) is 1. The van der Waals surface area contributed by atoms with Gasteiger partial charge in [0.2, 0.25) is 5.91 Å². The van der Waals surface area contributed by atoms with E-state index >= 15 is 0 Å². The molecule has 1 saturated carbocycles. The van der Waals surface area contributed by atoms with Gasteiger partial charge in [-0.1, -0.05) is 37.3 Å². The lowest BCUT2D eigenvalue weighted by Gasteiger charge is -2.35. The molecule has 2 atom stereocenters. The van der Waals surface area contributed by atoms with E-state index in [1.165, 1.54) is 44.3 Å². The van der Waals surface area contributed by atoms with Crippen LogP contribution in [0.15, 0.2) is 30.3 Å². The van der Waals surface area contributed by atoms with E-state index in [4.69, 9.17) is 0 Å². The van der Waals surface area contributed by atoms with Gasteiger partial charge in [0.05, 0.1) is 5.92 Å². The molecule has 2 aliphatic rings. The lowest BCUT2D eigenvalue weighted by atomic mass is 9.93. The lowest BCUT2D eigenvalue weighted by Crippen LogP contribution is -2.46. The molecule has 3 nitrogen and oxygen atoms in total. The average Bonchev–Trinajstić information content (AvgIpc) is 3.39. The van der Waals surface area contributed by atoms with Crippen LogP contribution in [0.3, 0.4) is 0 Å². The standard InChI is InChI=1S/C20H30N2O/c1-15-10-12-22(13-11-15)16(2)14-21-20(23)19(18-8-9-18)17-6-4-3-5-7-17/h3-7,15-16,18-19H,8-14H2,1-2H3,(H,21,23). The second-order valence-corrected chi connectivity index (χ2v) is 7.54. The first kappa shape index (κ1) is 16.5. The molecule has 126 valence electrons. The Morgan fingerprint density at radius 3 is 2.43 bits per heavy atom. The number of rotatable bonds is 6. The van der Waals surface area contributed by atoms with Crippen LogP contribution in [0.4, 0.5) is 0 Å². The molecule has 0 radical (unpaired) electrons. The van der Waals surface area contributed by atoms with E-state index in [2.05, 4.69) is 36.2 Å². The molecular formula is C20H30N2O. The van der Waals surface area contributed by atoms with Crippen molar-refractivity contribution in [2.45, 2.75) is 51.5 Å². The van der Waals surface area contributed by atoms with Gasteiger partial charge < -0.3 is 5.32 Å². The summed E-state index contributed by atoms with van der Waals surface area (Å²) in [4.78, 5) is 15.3. The van der Waals surface area contributed by atoms with Crippen molar-refractivity contribution in [1.29, 1.82) is 0 Å². The summed E-state index contributed by atoms with van der Waals surface area (Å²) in [7, 11) is 0. The minimum atomic E-state index is 0.0461. The molecule has 0 spiro atoms. The van der Waals surface area contributed by atoms with Crippen molar-refractivity contribution in [2.75, 3.05) is 19.6 Å². The van der Waals surface area contributed by atoms with Gasteiger partial charge in [-0.25, -0.2) is 0 Å². The quantitative estimate of drug-likeness (QED) is 0.872. The topological polar surface area (TPSA) is 32.3 Å². The summed E-state index contributed by atoms with van der Waals surface area (Å²) >= 11 is 0. The number of piperidine rings is 1. The van der Waals surface area contributed by atoms with Crippen LogP contribution < -0.4 is 5.32 Å². The Labute approximate surface area is 140 Å². The van der Waals surface area contributed by atoms with E-state index in [0.29, 0.717) is 12.0 Å². The van der Waals surface area contributed by atoms with Crippen LogP contribution in [0, 0.1) is 11.8 Å². The maximum atomic E-state index is 12.7. The highest BCUT2D eigenvalue weighted by molar-refractivity contribution is 5.84. The van der Waals surface area contributed by atoms with Gasteiger partial charge in [0.1, 0.15) is 0 Å². The van der Waals surface area contributed by atoms with Gasteiger partial charge in [-0.05, 0) is 63.1 Å². The predicted octanol–water partition coefficient (Wildman–Crippen LogP) is 3.42. The summed E-state index contributed by atoms with van der Waals surface area (Å²) in [5.41, 5.74) is 1.17. The molecular weight excluding hydrogens is 284 g/mol. The van der Waals surface area contributed by atoms with Crippen molar-refractivity contribution in [3.8, 4) is 0 Å². The Morgan fingerprint density at radius 1 is 1.17 bits per heavy atom. The van der Waals surface area contributed by atoms with Gasteiger partial charge in [-0.2, -0.15) is 0 Å². The Morgan fingerprint density at radius 2 is 1.83 bits per heavy atom. The first-order valence-corrected chi connectivity index (χ1v) is 9.22. The third-order valence-corrected chi connectivity index (χ3v) is 5.55. The van der Waals surface area contributed by atoms with Crippen LogP contribution >= 0.6 is 0 Å². The molecule has 1 saturated heterocycles. The second-order valence-electron chi connectivity index (χ2n) is 7.54. The largest absolute Gasteiger partial charge is 0.354 e. The van der Waals surface area contributed by atoms with Gasteiger partial charge >= 0.3 is 0 Å². The zero-order valence-electron chi connectivity index (χ0n) is 14.5. The molecule has 1 aliphatic carbocycles. The molecule has 0 bridgehead atoms. The molecule has 1 amide bonds. The summed E-state index contributed by atoms with van der Waals surface area (Å²) in [6, 6.07) is 10.7. The minimum Gasteiger partial charge on any atom is -0.354 e. The number of likely N-dealkylation sites (tertiary alicyclic amines) is 1. The van der Waals surface area contributed by atoms with Crippen molar-refractivity contribution in [3.05, 3.63) is 35.9 Å². The van der Waals surface area contributed by atoms with Gasteiger partial charge in [0, 0.05) is 12.6 Å². The third-order valence-electron chi connectivity index (χ3n) is 5.55. The number of carbonyl (C=O) groups is 1. The van der Waals surface area contributed by atoms with Crippen LogP contribution in [0.2, 0.25) is 0 Å². The van der Waals surface area contributed by atoms with E-state index in [9.17, 15) is 4.79 Å². The summed E-state index contributed by atoms with van der Waals surface area (Å²) in [5, 5.41) is 3.23. The minimum absolute atomic E-state index is 0.0461. The Kier molecular flexibility index (Phi) is 5.37. The third kappa shape index (κ3) is 4.35. The van der Waals surface area contributed by atoms with Gasteiger partial charge in [0.25, 0.3) is 0 Å². The number of carbonyl (C=O) groups excluding carboxylic acids is 1. The van der Waals surface area contributed by atoms with Crippen LogP contribution in [-0.2, 0) is 4.79 Å². The normalized spacial score (nSPS) is 22.5. The highest BCUT2D eigenvalue weighted by Crippen LogP contribution is 2.42. The fourth-order valence-corrected chi connectivity index (χ4v) is 3.68. The summed E-state index contributed by atoms with van der Waals surface area (Å²) in [5.74, 6) is 1.66. The molecule has 3 rings (SSSR count). The van der Waals surface area contributed by atoms with E-state index in [1.54, 1.807) is 0 Å². The van der Waals surface area contributed by atoms with E-state index < -0.39 is 0 Å². The van der Waals surface area contributed by atoms with Crippen molar-refractivity contribution in [1.82, 2.24) is 10.2 Å². The monoisotopic (exact) mass is 314 g/mol. The number of benzene rings is 1. The molecule has 1 N–H and O–H groups in total. The molecule has 0 aromatic heterocycles. The van der Waals surface area contributed by atoms with Gasteiger partial charge in [0.15, 0.2) is 0 Å². The second kappa shape index (κ2) is 7.48. The SMILES string of the molecule is CC1CCN(C(C)CNC(=O)C(c2ccccc2)C2CC2)CC1. The van der Waals surface area contributed by atoms with Crippen LogP contribution in [0.25, 0.3) is 0 Å². The van der Waals surface area contributed by atoms with E-state index in [-0.39, 0.29) is 11.8 Å². The Balaban J connectivity index is 1.53. The molecule has 3 heteroatoms. The average molecular weight is 314 g/mol. The van der Waals surface area contributed by atoms with Crippen molar-refractivity contribution in [2.24, 2.45) is 11.8 Å². The van der Waals surface area contributed by atoms with Crippen LogP contribution in [0.1, 0.15) is 51.0 Å². The molecule has 1 aromatic rings. The summed E-state index contributed by atoms with van der Waals surface area (Å²) in [6.45, 7) is 7.68. The predicted molar refractivity (Wildman–Crippen MR) is 94.3 cm³/mol. The van der Waals surface area contributed by atoms with Crippen LogP contribution in [-0.4, -0.2) is 36.5 Å². The Hall–Kier alpha value is -1.35. The molecule has 1 aliphatic heterocycles. The van der Waals surface area contributed by atoms with Gasteiger partial charge in [-0.15, -0.1) is 0 Å². The maximum Gasteiger partial charge on any atom is 0.227 e. The summed E-state index contributed by atoms with van der Waals surface area (Å²) in [6.07, 6.45) is 4.94. The van der Waals surface area contributed by atoms with Crippen molar-refractivity contribution >= 4 is 5.91 Å². The highest BCUT2D eigenvalue weighted by atomic mass is 16.1. The van der Waals surface area contributed by atoms with E-state index in [0.717, 1.165) is 12.5 Å². The fourth-order valence-electron chi connectivity index (χ4n) is 3.68. The van der Waals surface area contributed by atoms with Crippen molar-refractivity contribution in [3.63, 3.8) is 0 Å². The first-order valence-electron chi connectivity index (χ1n) is 9.22. The lowest BCUT2D eigenvalue weighted by molar-refractivity contribution is -0.123. The summed E-state index contributed by atoms with van der Waals surface area (Å²) < 4.78 is 0. The zero-order chi connectivity index (χ0) is 16.2. The molecule has 1 heterocycles. The maximum absolute atomic E-state index is 12.7. The number of hydrogen-bond donors (Lipinski definition) is 1. The Bertz CT molecular complexity index is 504. The zero-order valence-corrected chi connectivity index (χ0v) is 14.5.